The minimum absolute atomic E-state index is 0.138. The molecule has 2 aliphatic heterocycles. The highest BCUT2D eigenvalue weighted by atomic mass is 32.2. The molecule has 8 nitrogen and oxygen atoms in total. The molecular weight excluding hydrogens is 468 g/mol. The van der Waals surface area contributed by atoms with Crippen LogP contribution >= 0.6 is 0 Å². The second kappa shape index (κ2) is 11.5. The summed E-state index contributed by atoms with van der Waals surface area (Å²) in [5.41, 5.74) is 0.873. The van der Waals surface area contributed by atoms with Crippen molar-refractivity contribution in [2.24, 2.45) is 0 Å². The molecule has 0 unspecified atom stereocenters. The summed E-state index contributed by atoms with van der Waals surface area (Å²) in [5.74, 6) is 0.0355. The standard InChI is InChI=1S/C26H30N2O6S/c1-33-20-11-13-21(14-12-20)35(32)18-24(29)22-9-5-15-27(22)25(30)23-10-6-16-28(23)26(31)34-17-19-7-3-2-4-8-19/h2-4,7-8,11-14,22-23H,5-6,9-10,15-18H2,1H3/t22-,23-,35+/m0/s1. The molecule has 0 aliphatic carbocycles. The first kappa shape index (κ1) is 24.9. The molecule has 2 saturated heterocycles. The van der Waals surface area contributed by atoms with Crippen molar-refractivity contribution < 1.29 is 28.1 Å². The number of hydrogen-bond donors (Lipinski definition) is 0. The summed E-state index contributed by atoms with van der Waals surface area (Å²) in [6, 6.07) is 14.9. The molecule has 4 rings (SSSR count). The molecule has 9 heteroatoms. The maximum atomic E-state index is 13.4. The molecular formula is C26H30N2O6S. The lowest BCUT2D eigenvalue weighted by atomic mass is 10.1. The normalized spacial score (nSPS) is 20.5. The van der Waals surface area contributed by atoms with Crippen LogP contribution in [0.5, 0.6) is 5.75 Å². The molecule has 186 valence electrons. The molecule has 2 aromatic rings. The van der Waals surface area contributed by atoms with Gasteiger partial charge in [0.2, 0.25) is 5.91 Å². The van der Waals surface area contributed by atoms with Gasteiger partial charge in [-0.1, -0.05) is 30.3 Å². The van der Waals surface area contributed by atoms with Crippen LogP contribution in [0.4, 0.5) is 4.79 Å². The van der Waals surface area contributed by atoms with Gasteiger partial charge in [0.15, 0.2) is 5.78 Å². The summed E-state index contributed by atoms with van der Waals surface area (Å²) in [5, 5.41) is 0. The number of benzene rings is 2. The molecule has 0 bridgehead atoms. The van der Waals surface area contributed by atoms with Gasteiger partial charge in [-0.3, -0.25) is 18.7 Å². The summed E-state index contributed by atoms with van der Waals surface area (Å²) < 4.78 is 23.3. The van der Waals surface area contributed by atoms with Gasteiger partial charge in [0, 0.05) is 18.0 Å². The number of methoxy groups -OCH3 is 1. The molecule has 0 saturated carbocycles. The number of likely N-dealkylation sites (tertiary alicyclic amines) is 2. The predicted molar refractivity (Wildman–Crippen MR) is 130 cm³/mol. The molecule has 2 fully saturated rings. The van der Waals surface area contributed by atoms with Gasteiger partial charge in [-0.2, -0.15) is 0 Å². The Bertz CT molecular complexity index is 1080. The monoisotopic (exact) mass is 498 g/mol. The Kier molecular flexibility index (Phi) is 8.17. The Balaban J connectivity index is 1.36. The van der Waals surface area contributed by atoms with Gasteiger partial charge in [0.25, 0.3) is 0 Å². The third kappa shape index (κ3) is 5.90. The maximum absolute atomic E-state index is 13.4. The highest BCUT2D eigenvalue weighted by Gasteiger charge is 2.42. The van der Waals surface area contributed by atoms with Crippen LogP contribution in [0.1, 0.15) is 31.2 Å². The van der Waals surface area contributed by atoms with Crippen LogP contribution in [0, 0.1) is 0 Å². The Hall–Kier alpha value is -3.20. The van der Waals surface area contributed by atoms with Crippen molar-refractivity contribution in [3.05, 3.63) is 60.2 Å². The number of amides is 2. The zero-order valence-electron chi connectivity index (χ0n) is 19.8. The Morgan fingerprint density at radius 1 is 0.914 bits per heavy atom. The van der Waals surface area contributed by atoms with E-state index in [-0.39, 0.29) is 24.1 Å². The van der Waals surface area contributed by atoms with E-state index in [1.807, 2.05) is 30.3 Å². The summed E-state index contributed by atoms with van der Waals surface area (Å²) >= 11 is 0. The fourth-order valence-corrected chi connectivity index (χ4v) is 5.69. The minimum atomic E-state index is -1.51. The summed E-state index contributed by atoms with van der Waals surface area (Å²) in [7, 11) is 0.0385. The van der Waals surface area contributed by atoms with Crippen LogP contribution in [0.15, 0.2) is 59.5 Å². The first-order valence-corrected chi connectivity index (χ1v) is 13.1. The summed E-state index contributed by atoms with van der Waals surface area (Å²) in [6.07, 6.45) is 1.95. The van der Waals surface area contributed by atoms with Crippen molar-refractivity contribution in [1.82, 2.24) is 9.80 Å². The third-order valence-electron chi connectivity index (χ3n) is 6.48. The van der Waals surface area contributed by atoms with Crippen molar-refractivity contribution >= 4 is 28.6 Å². The second-order valence-electron chi connectivity index (χ2n) is 8.71. The molecule has 2 heterocycles. The molecule has 0 radical (unpaired) electrons. The topological polar surface area (TPSA) is 93.2 Å². The second-order valence-corrected chi connectivity index (χ2v) is 10.2. The van der Waals surface area contributed by atoms with Crippen molar-refractivity contribution in [1.29, 1.82) is 0 Å². The van der Waals surface area contributed by atoms with Gasteiger partial charge >= 0.3 is 6.09 Å². The fourth-order valence-electron chi connectivity index (χ4n) is 4.64. The molecule has 2 aliphatic rings. The minimum Gasteiger partial charge on any atom is -0.497 e. The van der Waals surface area contributed by atoms with Gasteiger partial charge in [0.05, 0.1) is 29.7 Å². The van der Waals surface area contributed by atoms with Gasteiger partial charge in [-0.05, 0) is 55.5 Å². The van der Waals surface area contributed by atoms with Crippen molar-refractivity contribution in [2.45, 2.75) is 49.3 Å². The predicted octanol–water partition coefficient (Wildman–Crippen LogP) is 3.16. The van der Waals surface area contributed by atoms with Crippen molar-refractivity contribution in [2.75, 3.05) is 26.0 Å². The maximum Gasteiger partial charge on any atom is 0.410 e. The fraction of sp³-hybridized carbons (Fsp3) is 0.423. The van der Waals surface area contributed by atoms with Crippen molar-refractivity contribution in [3.63, 3.8) is 0 Å². The van der Waals surface area contributed by atoms with E-state index < -0.39 is 29.0 Å². The lowest BCUT2D eigenvalue weighted by molar-refractivity contribution is -0.140. The van der Waals surface area contributed by atoms with E-state index in [1.165, 1.54) is 4.90 Å². The van der Waals surface area contributed by atoms with Crippen LogP contribution in [0.2, 0.25) is 0 Å². The molecule has 3 atom stereocenters. The average Bonchev–Trinajstić information content (AvgIpc) is 3.58. The molecule has 0 aromatic heterocycles. The lowest BCUT2D eigenvalue weighted by Crippen LogP contribution is -2.51. The molecule has 0 spiro atoms. The number of ether oxygens (including phenoxy) is 2. The SMILES string of the molecule is COc1ccc([S@](=O)CC(=O)[C@@H]2CCCN2C(=O)[C@@H]2CCCN2C(=O)OCc2ccccc2)cc1. The average molecular weight is 499 g/mol. The van der Waals surface area contributed by atoms with E-state index in [1.54, 1.807) is 36.3 Å². The summed E-state index contributed by atoms with van der Waals surface area (Å²) in [4.78, 5) is 42.8. The number of hydrogen-bond acceptors (Lipinski definition) is 6. The molecule has 2 amide bonds. The number of Topliss-reactive ketones (excluding diaryl/α,β-unsaturated/α-hetero) is 1. The zero-order chi connectivity index (χ0) is 24.8. The smallest absolute Gasteiger partial charge is 0.410 e. The first-order valence-electron chi connectivity index (χ1n) is 11.8. The van der Waals surface area contributed by atoms with Crippen LogP contribution in [-0.4, -0.2) is 69.8 Å². The lowest BCUT2D eigenvalue weighted by Gasteiger charge is -2.30. The number of rotatable bonds is 8. The van der Waals surface area contributed by atoms with E-state index in [9.17, 15) is 18.6 Å². The van der Waals surface area contributed by atoms with E-state index in [4.69, 9.17) is 9.47 Å². The highest BCUT2D eigenvalue weighted by molar-refractivity contribution is 7.85. The molecule has 0 N–H and O–H groups in total. The zero-order valence-corrected chi connectivity index (χ0v) is 20.6. The van der Waals surface area contributed by atoms with Gasteiger partial charge in [-0.15, -0.1) is 0 Å². The highest BCUT2D eigenvalue weighted by Crippen LogP contribution is 2.26. The van der Waals surface area contributed by atoms with Crippen LogP contribution in [0.3, 0.4) is 0 Å². The number of ketones is 1. The first-order chi connectivity index (χ1) is 17.0. The Morgan fingerprint density at radius 2 is 1.57 bits per heavy atom. The van der Waals surface area contributed by atoms with Gasteiger partial charge < -0.3 is 14.4 Å². The van der Waals surface area contributed by atoms with Crippen molar-refractivity contribution in [3.8, 4) is 5.75 Å². The quantitative estimate of drug-likeness (QED) is 0.555. The number of carbonyl (C=O) groups is 3. The Labute approximate surface area is 207 Å². The number of nitrogens with zero attached hydrogens (tertiary/aromatic N) is 2. The van der Waals surface area contributed by atoms with Gasteiger partial charge in [-0.25, -0.2) is 4.79 Å². The third-order valence-corrected chi connectivity index (χ3v) is 7.83. The summed E-state index contributed by atoms with van der Waals surface area (Å²) in [6.45, 7) is 1.03. The van der Waals surface area contributed by atoms with Crippen LogP contribution < -0.4 is 4.74 Å². The molecule has 2 aromatic carbocycles. The molecule has 35 heavy (non-hydrogen) atoms. The van der Waals surface area contributed by atoms with E-state index in [0.29, 0.717) is 49.4 Å². The van der Waals surface area contributed by atoms with E-state index in [2.05, 4.69) is 0 Å². The van der Waals surface area contributed by atoms with E-state index in [0.717, 1.165) is 5.56 Å². The number of carbonyl (C=O) groups excluding carboxylic acids is 3. The van der Waals surface area contributed by atoms with Crippen LogP contribution in [0.25, 0.3) is 0 Å². The van der Waals surface area contributed by atoms with Gasteiger partial charge in [0.1, 0.15) is 18.4 Å². The Morgan fingerprint density at radius 3 is 2.26 bits per heavy atom. The van der Waals surface area contributed by atoms with E-state index >= 15 is 0 Å². The largest absolute Gasteiger partial charge is 0.497 e. The van der Waals surface area contributed by atoms with Crippen LogP contribution in [-0.2, 0) is 31.7 Å².